The summed E-state index contributed by atoms with van der Waals surface area (Å²) in [6.07, 6.45) is 2.85. The number of aromatic nitrogens is 3. The topological polar surface area (TPSA) is 56.7 Å². The highest BCUT2D eigenvalue weighted by molar-refractivity contribution is 7.11. The molecule has 0 fully saturated rings. The molecular formula is C15H16N4S. The fourth-order valence-corrected chi connectivity index (χ4v) is 2.99. The molecule has 0 atom stereocenters. The van der Waals surface area contributed by atoms with Crippen molar-refractivity contribution in [3.05, 3.63) is 52.5 Å². The van der Waals surface area contributed by atoms with Crippen LogP contribution in [-0.4, -0.2) is 14.8 Å². The lowest BCUT2D eigenvalue weighted by atomic mass is 10.2. The normalized spacial score (nSPS) is 10.8. The van der Waals surface area contributed by atoms with E-state index in [1.807, 2.05) is 40.3 Å². The van der Waals surface area contributed by atoms with Gasteiger partial charge >= 0.3 is 0 Å². The van der Waals surface area contributed by atoms with Gasteiger partial charge in [0, 0.05) is 21.0 Å². The highest BCUT2D eigenvalue weighted by Crippen LogP contribution is 2.20. The zero-order chi connectivity index (χ0) is 13.9. The fourth-order valence-electron chi connectivity index (χ4n) is 2.04. The minimum absolute atomic E-state index is 0.713. The SMILES string of the molecule is CCc1ccc(Cn2cnc(-c3cccc(N)c3)n2)s1. The number of aryl methyl sites for hydroxylation is 1. The first-order valence-electron chi connectivity index (χ1n) is 6.57. The zero-order valence-electron chi connectivity index (χ0n) is 11.3. The van der Waals surface area contributed by atoms with E-state index in [4.69, 9.17) is 5.73 Å². The highest BCUT2D eigenvalue weighted by Gasteiger charge is 2.06. The minimum atomic E-state index is 0.713. The lowest BCUT2D eigenvalue weighted by molar-refractivity contribution is 0.695. The molecule has 0 aliphatic carbocycles. The second-order valence-corrected chi connectivity index (χ2v) is 5.87. The Morgan fingerprint density at radius 2 is 2.05 bits per heavy atom. The number of nitrogens with two attached hydrogens (primary N) is 1. The monoisotopic (exact) mass is 284 g/mol. The van der Waals surface area contributed by atoms with Crippen LogP contribution in [0.3, 0.4) is 0 Å². The van der Waals surface area contributed by atoms with E-state index >= 15 is 0 Å². The summed E-state index contributed by atoms with van der Waals surface area (Å²) < 4.78 is 1.86. The number of rotatable bonds is 4. The molecule has 0 aliphatic rings. The van der Waals surface area contributed by atoms with Crippen LogP contribution in [0.1, 0.15) is 16.7 Å². The molecule has 2 aromatic heterocycles. The molecule has 1 aromatic carbocycles. The molecule has 4 nitrogen and oxygen atoms in total. The molecule has 3 aromatic rings. The molecule has 0 saturated heterocycles. The lowest BCUT2D eigenvalue weighted by Crippen LogP contribution is -1.98. The van der Waals surface area contributed by atoms with E-state index in [0.29, 0.717) is 5.82 Å². The summed E-state index contributed by atoms with van der Waals surface area (Å²) >= 11 is 1.83. The maximum absolute atomic E-state index is 5.78. The zero-order valence-corrected chi connectivity index (χ0v) is 12.1. The van der Waals surface area contributed by atoms with Crippen molar-refractivity contribution in [1.82, 2.24) is 14.8 Å². The van der Waals surface area contributed by atoms with Gasteiger partial charge in [-0.3, -0.25) is 0 Å². The second-order valence-electron chi connectivity index (χ2n) is 4.61. The van der Waals surface area contributed by atoms with E-state index in [9.17, 15) is 0 Å². The van der Waals surface area contributed by atoms with Crippen LogP contribution in [0.2, 0.25) is 0 Å². The molecule has 0 amide bonds. The first-order valence-corrected chi connectivity index (χ1v) is 7.39. The number of hydrogen-bond donors (Lipinski definition) is 1. The van der Waals surface area contributed by atoms with Gasteiger partial charge in [0.25, 0.3) is 0 Å². The van der Waals surface area contributed by atoms with Crippen LogP contribution < -0.4 is 5.73 Å². The quantitative estimate of drug-likeness (QED) is 0.748. The Balaban J connectivity index is 1.80. The molecule has 2 heterocycles. The summed E-state index contributed by atoms with van der Waals surface area (Å²) in [5, 5.41) is 4.51. The van der Waals surface area contributed by atoms with Crippen molar-refractivity contribution in [2.24, 2.45) is 0 Å². The molecule has 20 heavy (non-hydrogen) atoms. The molecule has 5 heteroatoms. The van der Waals surface area contributed by atoms with Gasteiger partial charge in [-0.05, 0) is 30.7 Å². The van der Waals surface area contributed by atoms with Crippen LogP contribution in [0, 0.1) is 0 Å². The average Bonchev–Trinajstić information content (AvgIpc) is 3.08. The number of anilines is 1. The Kier molecular flexibility index (Phi) is 3.52. The van der Waals surface area contributed by atoms with Crippen LogP contribution in [0.4, 0.5) is 5.69 Å². The van der Waals surface area contributed by atoms with E-state index in [1.165, 1.54) is 9.75 Å². The molecule has 2 N–H and O–H groups in total. The second kappa shape index (κ2) is 5.46. The van der Waals surface area contributed by atoms with Gasteiger partial charge in [-0.15, -0.1) is 11.3 Å². The summed E-state index contributed by atoms with van der Waals surface area (Å²) in [5.74, 6) is 0.713. The maximum atomic E-state index is 5.78. The Bertz CT molecular complexity index is 714. The summed E-state index contributed by atoms with van der Waals surface area (Å²) in [7, 11) is 0. The van der Waals surface area contributed by atoms with Crippen LogP contribution in [0.25, 0.3) is 11.4 Å². The van der Waals surface area contributed by atoms with Gasteiger partial charge in [0.2, 0.25) is 0 Å². The Morgan fingerprint density at radius 1 is 1.20 bits per heavy atom. The molecule has 0 unspecified atom stereocenters. The Morgan fingerprint density at radius 3 is 2.80 bits per heavy atom. The highest BCUT2D eigenvalue weighted by atomic mass is 32.1. The van der Waals surface area contributed by atoms with Gasteiger partial charge in [-0.2, -0.15) is 5.10 Å². The van der Waals surface area contributed by atoms with E-state index in [0.717, 1.165) is 24.2 Å². The third kappa shape index (κ3) is 2.72. The van der Waals surface area contributed by atoms with Gasteiger partial charge < -0.3 is 5.73 Å². The summed E-state index contributed by atoms with van der Waals surface area (Å²) in [5.41, 5.74) is 7.46. The van der Waals surface area contributed by atoms with E-state index in [-0.39, 0.29) is 0 Å². The van der Waals surface area contributed by atoms with Crippen molar-refractivity contribution < 1.29 is 0 Å². The number of nitrogens with zero attached hydrogens (tertiary/aromatic N) is 3. The molecular weight excluding hydrogens is 268 g/mol. The fraction of sp³-hybridized carbons (Fsp3) is 0.200. The standard InChI is InChI=1S/C15H16N4S/c1-2-13-6-7-14(20-13)9-19-10-17-15(18-19)11-4-3-5-12(16)8-11/h3-8,10H,2,9,16H2,1H3. The van der Waals surface area contributed by atoms with Crippen LogP contribution >= 0.6 is 11.3 Å². The molecule has 0 spiro atoms. The predicted molar refractivity (Wildman–Crippen MR) is 82.7 cm³/mol. The summed E-state index contributed by atoms with van der Waals surface area (Å²) in [6.45, 7) is 2.93. The first-order chi connectivity index (χ1) is 9.74. The van der Waals surface area contributed by atoms with Gasteiger partial charge in [0.15, 0.2) is 5.82 Å². The molecule has 0 bridgehead atoms. The van der Waals surface area contributed by atoms with Gasteiger partial charge in [-0.1, -0.05) is 19.1 Å². The Labute approximate surface area is 121 Å². The summed E-state index contributed by atoms with van der Waals surface area (Å²) in [6, 6.07) is 12.0. The van der Waals surface area contributed by atoms with Gasteiger partial charge in [0.05, 0.1) is 6.54 Å². The number of thiophene rings is 1. The Hall–Kier alpha value is -2.14. The third-order valence-corrected chi connectivity index (χ3v) is 4.28. The minimum Gasteiger partial charge on any atom is -0.399 e. The largest absolute Gasteiger partial charge is 0.399 e. The first kappa shape index (κ1) is 12.9. The van der Waals surface area contributed by atoms with E-state index in [2.05, 4.69) is 29.1 Å². The van der Waals surface area contributed by atoms with Crippen molar-refractivity contribution >= 4 is 17.0 Å². The van der Waals surface area contributed by atoms with Crippen molar-refractivity contribution in [2.75, 3.05) is 5.73 Å². The lowest BCUT2D eigenvalue weighted by Gasteiger charge is -1.98. The average molecular weight is 284 g/mol. The van der Waals surface area contributed by atoms with Crippen LogP contribution in [0.5, 0.6) is 0 Å². The smallest absolute Gasteiger partial charge is 0.181 e. The number of hydrogen-bond acceptors (Lipinski definition) is 4. The van der Waals surface area contributed by atoms with Crippen molar-refractivity contribution in [2.45, 2.75) is 19.9 Å². The van der Waals surface area contributed by atoms with Crippen molar-refractivity contribution in [1.29, 1.82) is 0 Å². The van der Waals surface area contributed by atoms with Crippen LogP contribution in [0.15, 0.2) is 42.7 Å². The third-order valence-electron chi connectivity index (χ3n) is 3.06. The molecule has 102 valence electrons. The molecule has 3 rings (SSSR count). The van der Waals surface area contributed by atoms with Crippen molar-refractivity contribution in [3.63, 3.8) is 0 Å². The predicted octanol–water partition coefficient (Wildman–Crippen LogP) is 3.20. The molecule has 0 aliphatic heterocycles. The number of benzene rings is 1. The molecule has 0 radical (unpaired) electrons. The maximum Gasteiger partial charge on any atom is 0.181 e. The van der Waals surface area contributed by atoms with Gasteiger partial charge in [0.1, 0.15) is 6.33 Å². The van der Waals surface area contributed by atoms with Crippen molar-refractivity contribution in [3.8, 4) is 11.4 Å². The number of nitrogen functional groups attached to an aromatic ring is 1. The van der Waals surface area contributed by atoms with Gasteiger partial charge in [-0.25, -0.2) is 9.67 Å². The summed E-state index contributed by atoms with van der Waals surface area (Å²) in [4.78, 5) is 7.05. The van der Waals surface area contributed by atoms with E-state index < -0.39 is 0 Å². The van der Waals surface area contributed by atoms with Crippen LogP contribution in [-0.2, 0) is 13.0 Å². The van der Waals surface area contributed by atoms with E-state index in [1.54, 1.807) is 6.33 Å². The molecule has 0 saturated carbocycles.